The zero-order chi connectivity index (χ0) is 11.6. The van der Waals surface area contributed by atoms with Crippen molar-refractivity contribution in [3.63, 3.8) is 0 Å². The first-order valence-electron chi connectivity index (χ1n) is 4.68. The summed E-state index contributed by atoms with van der Waals surface area (Å²) in [6, 6.07) is 0. The summed E-state index contributed by atoms with van der Waals surface area (Å²) in [6.45, 7) is 7.43. The molecule has 0 aromatic rings. The van der Waals surface area contributed by atoms with E-state index >= 15 is 0 Å². The van der Waals surface area contributed by atoms with E-state index in [0.717, 1.165) is 20.0 Å². The van der Waals surface area contributed by atoms with E-state index in [9.17, 15) is 0 Å². The average Bonchev–Trinajstić information content (AvgIpc) is 2.12. The van der Waals surface area contributed by atoms with Crippen molar-refractivity contribution >= 4 is 5.97 Å². The minimum Gasteiger partial charge on any atom is -0.481 e. The Labute approximate surface area is 85.0 Å². The highest BCUT2D eigenvalue weighted by Crippen LogP contribution is 1.90. The molecule has 1 unspecified atom stereocenters. The molecular formula is C9H21NO4. The van der Waals surface area contributed by atoms with E-state index in [0.29, 0.717) is 6.54 Å². The second-order valence-electron chi connectivity index (χ2n) is 2.84. The number of aliphatic carboxylic acids is 1. The molecule has 86 valence electrons. The molecule has 0 fully saturated rings. The van der Waals surface area contributed by atoms with Crippen LogP contribution in [-0.2, 0) is 4.79 Å². The van der Waals surface area contributed by atoms with Crippen LogP contribution in [0.5, 0.6) is 0 Å². The number of hydrogen-bond donors (Lipinski definition) is 3. The molecule has 0 rings (SSSR count). The number of aliphatic hydroxyl groups is 2. The highest BCUT2D eigenvalue weighted by atomic mass is 16.4. The largest absolute Gasteiger partial charge is 0.481 e. The van der Waals surface area contributed by atoms with Crippen molar-refractivity contribution in [3.8, 4) is 0 Å². The molecule has 0 spiro atoms. The lowest BCUT2D eigenvalue weighted by molar-refractivity contribution is -0.134. The van der Waals surface area contributed by atoms with E-state index in [1.165, 1.54) is 0 Å². The van der Waals surface area contributed by atoms with Crippen molar-refractivity contribution in [1.82, 2.24) is 4.90 Å². The molecule has 0 saturated heterocycles. The van der Waals surface area contributed by atoms with Crippen molar-refractivity contribution < 1.29 is 20.1 Å². The van der Waals surface area contributed by atoms with Crippen molar-refractivity contribution in [3.05, 3.63) is 0 Å². The van der Waals surface area contributed by atoms with Gasteiger partial charge in [-0.1, -0.05) is 13.8 Å². The zero-order valence-electron chi connectivity index (χ0n) is 9.10. The van der Waals surface area contributed by atoms with Crippen LogP contribution in [0.15, 0.2) is 0 Å². The van der Waals surface area contributed by atoms with Crippen LogP contribution in [0.3, 0.4) is 0 Å². The minimum absolute atomic E-state index is 0.142. The van der Waals surface area contributed by atoms with Crippen LogP contribution in [0.1, 0.15) is 20.8 Å². The van der Waals surface area contributed by atoms with E-state index in [4.69, 9.17) is 20.1 Å². The third kappa shape index (κ3) is 13.9. The Hall–Kier alpha value is -0.650. The van der Waals surface area contributed by atoms with E-state index in [2.05, 4.69) is 4.90 Å². The quantitative estimate of drug-likeness (QED) is 0.580. The van der Waals surface area contributed by atoms with E-state index in [1.54, 1.807) is 0 Å². The summed E-state index contributed by atoms with van der Waals surface area (Å²) in [5.74, 6) is -0.833. The van der Waals surface area contributed by atoms with Gasteiger partial charge < -0.3 is 20.2 Å². The Morgan fingerprint density at radius 3 is 1.93 bits per heavy atom. The third-order valence-corrected chi connectivity index (χ3v) is 1.57. The molecule has 0 aromatic carbocycles. The van der Waals surface area contributed by atoms with Gasteiger partial charge in [0.25, 0.3) is 5.97 Å². The molecule has 0 bridgehead atoms. The van der Waals surface area contributed by atoms with Gasteiger partial charge in [0.05, 0.1) is 12.7 Å². The van der Waals surface area contributed by atoms with Gasteiger partial charge in [-0.3, -0.25) is 4.79 Å². The molecule has 3 N–H and O–H groups in total. The normalized spacial score (nSPS) is 11.9. The minimum atomic E-state index is -0.833. The molecule has 0 amide bonds. The maximum absolute atomic E-state index is 9.00. The molecule has 14 heavy (non-hydrogen) atoms. The van der Waals surface area contributed by atoms with Crippen molar-refractivity contribution in [2.45, 2.75) is 26.9 Å². The van der Waals surface area contributed by atoms with Gasteiger partial charge in [-0.15, -0.1) is 0 Å². The third-order valence-electron chi connectivity index (χ3n) is 1.57. The second kappa shape index (κ2) is 10.4. The number of rotatable bonds is 5. The molecule has 5 nitrogen and oxygen atoms in total. The summed E-state index contributed by atoms with van der Waals surface area (Å²) < 4.78 is 0. The summed E-state index contributed by atoms with van der Waals surface area (Å²) >= 11 is 0. The number of nitrogens with zero attached hydrogens (tertiary/aromatic N) is 1. The Balaban J connectivity index is 0. The van der Waals surface area contributed by atoms with Crippen LogP contribution < -0.4 is 0 Å². The van der Waals surface area contributed by atoms with Gasteiger partial charge in [-0.2, -0.15) is 0 Å². The SMILES string of the molecule is CC(=O)O.CCN(CC)CC(O)CO. The highest BCUT2D eigenvalue weighted by molar-refractivity contribution is 5.62. The van der Waals surface area contributed by atoms with Crippen LogP contribution in [0.25, 0.3) is 0 Å². The van der Waals surface area contributed by atoms with Crippen LogP contribution in [-0.4, -0.2) is 58.5 Å². The first-order valence-corrected chi connectivity index (χ1v) is 4.68. The van der Waals surface area contributed by atoms with Crippen molar-refractivity contribution in [2.75, 3.05) is 26.2 Å². The molecule has 0 aromatic heterocycles. The van der Waals surface area contributed by atoms with Gasteiger partial charge >= 0.3 is 0 Å². The number of aliphatic hydroxyl groups excluding tert-OH is 2. The number of hydrogen-bond acceptors (Lipinski definition) is 4. The zero-order valence-corrected chi connectivity index (χ0v) is 9.10. The smallest absolute Gasteiger partial charge is 0.300 e. The van der Waals surface area contributed by atoms with Gasteiger partial charge in [-0.05, 0) is 13.1 Å². The van der Waals surface area contributed by atoms with E-state index in [-0.39, 0.29) is 6.61 Å². The first-order chi connectivity index (χ1) is 6.47. The molecular weight excluding hydrogens is 186 g/mol. The van der Waals surface area contributed by atoms with Gasteiger partial charge in [0.2, 0.25) is 0 Å². The monoisotopic (exact) mass is 207 g/mol. The fourth-order valence-corrected chi connectivity index (χ4v) is 0.838. The topological polar surface area (TPSA) is 81.0 Å². The number of likely N-dealkylation sites (N-methyl/N-ethyl adjacent to an activating group) is 1. The van der Waals surface area contributed by atoms with Gasteiger partial charge in [-0.25, -0.2) is 0 Å². The van der Waals surface area contributed by atoms with Crippen LogP contribution >= 0.6 is 0 Å². The molecule has 0 saturated carbocycles. The Kier molecular flexibility index (Phi) is 11.8. The van der Waals surface area contributed by atoms with Gasteiger partial charge in [0.1, 0.15) is 0 Å². The van der Waals surface area contributed by atoms with E-state index < -0.39 is 12.1 Å². The Morgan fingerprint density at radius 2 is 1.71 bits per heavy atom. The molecule has 0 heterocycles. The van der Waals surface area contributed by atoms with Crippen LogP contribution in [0.2, 0.25) is 0 Å². The fraction of sp³-hybridized carbons (Fsp3) is 0.889. The summed E-state index contributed by atoms with van der Waals surface area (Å²) in [4.78, 5) is 11.1. The lowest BCUT2D eigenvalue weighted by Crippen LogP contribution is -2.33. The predicted molar refractivity (Wildman–Crippen MR) is 54.2 cm³/mol. The summed E-state index contributed by atoms with van der Waals surface area (Å²) in [7, 11) is 0. The Morgan fingerprint density at radius 1 is 1.36 bits per heavy atom. The van der Waals surface area contributed by atoms with Gasteiger partial charge in [0, 0.05) is 13.5 Å². The lowest BCUT2D eigenvalue weighted by Gasteiger charge is -2.20. The number of carbonyl (C=O) groups is 1. The highest BCUT2D eigenvalue weighted by Gasteiger charge is 2.05. The number of carboxylic acid groups (broad SMARTS) is 1. The van der Waals surface area contributed by atoms with Crippen LogP contribution in [0.4, 0.5) is 0 Å². The average molecular weight is 207 g/mol. The maximum atomic E-state index is 9.00. The molecule has 0 radical (unpaired) electrons. The molecule has 0 aliphatic carbocycles. The van der Waals surface area contributed by atoms with E-state index in [1.807, 2.05) is 13.8 Å². The van der Waals surface area contributed by atoms with Crippen molar-refractivity contribution in [1.29, 1.82) is 0 Å². The molecule has 1 atom stereocenters. The lowest BCUT2D eigenvalue weighted by atomic mass is 10.3. The Bertz CT molecular complexity index is 133. The molecule has 0 aliphatic rings. The standard InChI is InChI=1S/C7H17NO2.C2H4O2/c1-3-8(4-2)5-7(10)6-9;1-2(3)4/h7,9-10H,3-6H2,1-2H3;1H3,(H,3,4). The summed E-state index contributed by atoms with van der Waals surface area (Å²) in [5, 5.41) is 24.9. The first kappa shape index (κ1) is 15.8. The fourth-order valence-electron chi connectivity index (χ4n) is 0.838. The van der Waals surface area contributed by atoms with Crippen molar-refractivity contribution in [2.24, 2.45) is 0 Å². The molecule has 0 aliphatic heterocycles. The van der Waals surface area contributed by atoms with Crippen LogP contribution in [0, 0.1) is 0 Å². The summed E-state index contributed by atoms with van der Waals surface area (Å²) in [5.41, 5.74) is 0. The maximum Gasteiger partial charge on any atom is 0.300 e. The number of carboxylic acids is 1. The molecule has 5 heteroatoms. The second-order valence-corrected chi connectivity index (χ2v) is 2.84. The predicted octanol–water partition coefficient (Wildman–Crippen LogP) is -0.228. The summed E-state index contributed by atoms with van der Waals surface area (Å²) in [6.07, 6.45) is -0.583. The van der Waals surface area contributed by atoms with Gasteiger partial charge in [0.15, 0.2) is 0 Å².